The average molecular weight is 781 g/mol. The Balaban J connectivity index is 1.20. The number of alkyl halides is 1. The Kier molecular flexibility index (Phi) is 10.2. The Morgan fingerprint density at radius 1 is 1.04 bits per heavy atom. The molecular weight excluding hydrogens is 740 g/mol. The van der Waals surface area contributed by atoms with E-state index in [9.17, 15) is 4.57 Å². The first kappa shape index (κ1) is 35.2. The number of fused-ring (bicyclic) bond motifs is 1. The molecule has 0 aliphatic carbocycles. The topological polar surface area (TPSA) is 148 Å². The minimum absolute atomic E-state index is 0.162. The van der Waals surface area contributed by atoms with Crippen molar-refractivity contribution in [3.8, 4) is 17.0 Å². The molecule has 2 aliphatic heterocycles. The highest BCUT2D eigenvalue weighted by Crippen LogP contribution is 2.42. The molecule has 2 N–H and O–H groups in total. The predicted octanol–water partition coefficient (Wildman–Crippen LogP) is 5.36. The van der Waals surface area contributed by atoms with Crippen molar-refractivity contribution in [1.29, 1.82) is 0 Å². The van der Waals surface area contributed by atoms with E-state index < -0.39 is 13.3 Å². The number of benzene rings is 1. The maximum atomic E-state index is 15.9. The third-order valence-electron chi connectivity index (χ3n) is 9.11. The minimum Gasteiger partial charge on any atom is -0.479 e. The van der Waals surface area contributed by atoms with Crippen LogP contribution in [0.3, 0.4) is 0 Å². The van der Waals surface area contributed by atoms with Gasteiger partial charge >= 0.3 is 0 Å². The Morgan fingerprint density at radius 3 is 2.65 bits per heavy atom. The molecule has 51 heavy (non-hydrogen) atoms. The standard InChI is InChI=1S/C34H40BrFN11O3P/c1-45-19-21(17-40-45)22-16-27(33(49-2)44-32(22)47-12-8-28(24(36)20-47)46-11-5-14-50-15-13-46)42-34-39-18-23(35)31(43-34)41-26-7-6-25-29(38-10-9-37-25)30(26)51(3,4)48/h6-7,9-10,16-19,24,28H,5,8,11-15,20H2,1-4H3,(H2,39,41,42,43). The number of pyridine rings is 1. The van der Waals surface area contributed by atoms with Crippen LogP contribution in [-0.4, -0.2) is 112 Å². The second kappa shape index (κ2) is 14.8. The highest BCUT2D eigenvalue weighted by Gasteiger charge is 2.35. The lowest BCUT2D eigenvalue weighted by atomic mass is 9.99. The number of anilines is 5. The average Bonchev–Trinajstić information content (AvgIpc) is 3.37. The second-order valence-corrected chi connectivity index (χ2v) is 17.0. The second-order valence-electron chi connectivity index (χ2n) is 13.0. The molecule has 2 unspecified atom stereocenters. The van der Waals surface area contributed by atoms with Crippen LogP contribution < -0.4 is 25.6 Å². The van der Waals surface area contributed by atoms with Gasteiger partial charge in [-0.1, -0.05) is 0 Å². The fourth-order valence-electron chi connectivity index (χ4n) is 6.77. The molecule has 268 valence electrons. The summed E-state index contributed by atoms with van der Waals surface area (Å²) in [6.45, 7) is 7.16. The molecule has 2 atom stereocenters. The number of aromatic nitrogens is 7. The molecule has 7 rings (SSSR count). The van der Waals surface area contributed by atoms with Crippen molar-refractivity contribution in [3.05, 3.63) is 53.7 Å². The van der Waals surface area contributed by atoms with Gasteiger partial charge in [0, 0.05) is 75.2 Å². The number of halogens is 2. The normalized spacial score (nSPS) is 18.8. The van der Waals surface area contributed by atoms with E-state index in [1.807, 2.05) is 36.3 Å². The lowest BCUT2D eigenvalue weighted by Gasteiger charge is -2.41. The number of nitrogens with one attached hydrogen (secondary N) is 2. The van der Waals surface area contributed by atoms with Crippen molar-refractivity contribution in [1.82, 2.24) is 39.6 Å². The van der Waals surface area contributed by atoms with Crippen LogP contribution in [0.25, 0.3) is 22.2 Å². The zero-order chi connectivity index (χ0) is 35.7. The lowest BCUT2D eigenvalue weighted by molar-refractivity contribution is 0.0838. The number of hydrogen-bond donors (Lipinski definition) is 2. The van der Waals surface area contributed by atoms with Gasteiger partial charge in [-0.15, -0.1) is 0 Å². The summed E-state index contributed by atoms with van der Waals surface area (Å²) in [5.41, 5.74) is 3.92. The summed E-state index contributed by atoms with van der Waals surface area (Å²) >= 11 is 3.56. The van der Waals surface area contributed by atoms with Gasteiger partial charge in [0.05, 0.1) is 47.4 Å². The van der Waals surface area contributed by atoms with Crippen LogP contribution in [0.4, 0.5) is 33.3 Å². The highest BCUT2D eigenvalue weighted by molar-refractivity contribution is 9.10. The largest absolute Gasteiger partial charge is 0.479 e. The first-order chi connectivity index (χ1) is 24.6. The summed E-state index contributed by atoms with van der Waals surface area (Å²) in [5, 5.41) is 11.6. The molecule has 2 saturated heterocycles. The quantitative estimate of drug-likeness (QED) is 0.185. The van der Waals surface area contributed by atoms with E-state index in [2.05, 4.69) is 51.5 Å². The molecule has 0 spiro atoms. The number of aryl methyl sites for hydroxylation is 1. The van der Waals surface area contributed by atoms with E-state index in [0.717, 1.165) is 37.2 Å². The van der Waals surface area contributed by atoms with E-state index in [1.54, 1.807) is 49.9 Å². The van der Waals surface area contributed by atoms with E-state index in [-0.39, 0.29) is 18.5 Å². The van der Waals surface area contributed by atoms with E-state index in [4.69, 9.17) is 19.4 Å². The molecular formula is C34H40BrFN11O3P. The van der Waals surface area contributed by atoms with Gasteiger partial charge < -0.3 is 29.6 Å². The van der Waals surface area contributed by atoms with Gasteiger partial charge in [0.25, 0.3) is 0 Å². The maximum absolute atomic E-state index is 15.9. The van der Waals surface area contributed by atoms with Crippen LogP contribution in [-0.2, 0) is 16.3 Å². The smallest absolute Gasteiger partial charge is 0.239 e. The van der Waals surface area contributed by atoms with Gasteiger partial charge in [-0.2, -0.15) is 15.1 Å². The molecule has 2 aliphatic rings. The molecule has 0 radical (unpaired) electrons. The molecule has 4 aromatic heterocycles. The fourth-order valence-corrected chi connectivity index (χ4v) is 8.45. The van der Waals surface area contributed by atoms with Gasteiger partial charge in [0.1, 0.15) is 36.2 Å². The van der Waals surface area contributed by atoms with Gasteiger partial charge in [0.15, 0.2) is 0 Å². The summed E-state index contributed by atoms with van der Waals surface area (Å²) in [6.07, 6.45) is 8.99. The number of ether oxygens (including phenoxy) is 2. The maximum Gasteiger partial charge on any atom is 0.239 e. The lowest BCUT2D eigenvalue weighted by Crippen LogP contribution is -2.53. The summed E-state index contributed by atoms with van der Waals surface area (Å²) in [5.74, 6) is 1.61. The molecule has 6 heterocycles. The fraction of sp³-hybridized carbons (Fsp3) is 0.412. The Bertz CT molecular complexity index is 2090. The Morgan fingerprint density at radius 2 is 1.88 bits per heavy atom. The molecule has 0 bridgehead atoms. The molecule has 2 fully saturated rings. The molecule has 1 aromatic carbocycles. The van der Waals surface area contributed by atoms with Crippen molar-refractivity contribution >= 4 is 68.4 Å². The number of hydrogen-bond acceptors (Lipinski definition) is 13. The van der Waals surface area contributed by atoms with Crippen LogP contribution >= 0.6 is 23.1 Å². The third kappa shape index (κ3) is 7.55. The van der Waals surface area contributed by atoms with Crippen LogP contribution in [0, 0.1) is 0 Å². The predicted molar refractivity (Wildman–Crippen MR) is 200 cm³/mol. The number of piperidine rings is 1. The number of rotatable bonds is 9. The highest BCUT2D eigenvalue weighted by atomic mass is 79.9. The molecule has 0 amide bonds. The van der Waals surface area contributed by atoms with Crippen molar-refractivity contribution in [2.45, 2.75) is 25.1 Å². The van der Waals surface area contributed by atoms with Crippen molar-refractivity contribution in [3.63, 3.8) is 0 Å². The van der Waals surface area contributed by atoms with E-state index in [1.165, 1.54) is 0 Å². The summed E-state index contributed by atoms with van der Waals surface area (Å²) in [6, 6.07) is 5.40. The zero-order valence-corrected chi connectivity index (χ0v) is 31.4. The number of nitrogens with zero attached hydrogens (tertiary/aromatic N) is 9. The molecule has 0 saturated carbocycles. The number of methoxy groups -OCH3 is 1. The van der Waals surface area contributed by atoms with Crippen LogP contribution in [0.2, 0.25) is 0 Å². The van der Waals surface area contributed by atoms with Crippen LogP contribution in [0.1, 0.15) is 12.8 Å². The van der Waals surface area contributed by atoms with Crippen molar-refractivity contribution < 1.29 is 18.4 Å². The van der Waals surface area contributed by atoms with Crippen molar-refractivity contribution in [2.75, 3.05) is 75.4 Å². The van der Waals surface area contributed by atoms with Crippen molar-refractivity contribution in [2.24, 2.45) is 7.05 Å². The monoisotopic (exact) mass is 779 g/mol. The van der Waals surface area contributed by atoms with E-state index in [0.29, 0.717) is 69.3 Å². The van der Waals surface area contributed by atoms with E-state index >= 15 is 4.39 Å². The Labute approximate surface area is 303 Å². The first-order valence-electron chi connectivity index (χ1n) is 16.7. The van der Waals surface area contributed by atoms with Gasteiger partial charge in [-0.05, 0) is 60.3 Å². The van der Waals surface area contributed by atoms with Gasteiger partial charge in [0.2, 0.25) is 11.8 Å². The zero-order valence-electron chi connectivity index (χ0n) is 28.9. The summed E-state index contributed by atoms with van der Waals surface area (Å²) in [7, 11) is 0.587. The van der Waals surface area contributed by atoms with Gasteiger partial charge in [-0.25, -0.2) is 9.37 Å². The molecule has 14 nitrogen and oxygen atoms in total. The molecule has 5 aromatic rings. The Hall–Kier alpha value is -4.24. The van der Waals surface area contributed by atoms with Gasteiger partial charge in [-0.3, -0.25) is 19.5 Å². The SMILES string of the molecule is COc1nc(N2CCC(N3CCCOCC3)C(F)C2)c(-c2cnn(C)c2)cc1Nc1ncc(Br)c(Nc2ccc3nccnc3c2P(C)(C)=O)n1. The summed E-state index contributed by atoms with van der Waals surface area (Å²) in [4.78, 5) is 27.3. The van der Waals surface area contributed by atoms with Crippen LogP contribution in [0.15, 0.2) is 53.7 Å². The minimum atomic E-state index is -2.80. The summed E-state index contributed by atoms with van der Waals surface area (Å²) < 4.78 is 43.1. The van der Waals surface area contributed by atoms with Crippen LogP contribution in [0.5, 0.6) is 5.88 Å². The first-order valence-corrected chi connectivity index (χ1v) is 20.1. The third-order valence-corrected chi connectivity index (χ3v) is 11.2. The molecule has 17 heteroatoms.